The number of nitrogens with zero attached hydrogens (tertiary/aromatic N) is 1. The first-order valence-electron chi connectivity index (χ1n) is 9.96. The first-order chi connectivity index (χ1) is 12.7. The Morgan fingerprint density at radius 3 is 2.42 bits per heavy atom. The van der Waals surface area contributed by atoms with Crippen LogP contribution in [0.1, 0.15) is 74.5 Å². The van der Waals surface area contributed by atoms with E-state index >= 15 is 0 Å². The second-order valence-electron chi connectivity index (χ2n) is 7.39. The molecule has 3 rings (SSSR count). The quantitative estimate of drug-likeness (QED) is 0.323. The Morgan fingerprint density at radius 1 is 1.00 bits per heavy atom. The van der Waals surface area contributed by atoms with Gasteiger partial charge in [-0.1, -0.05) is 67.5 Å². The molecule has 2 heteroatoms. The van der Waals surface area contributed by atoms with Gasteiger partial charge in [0.1, 0.15) is 5.15 Å². The van der Waals surface area contributed by atoms with Gasteiger partial charge in [0.25, 0.3) is 0 Å². The number of halogens is 1. The molecule has 0 bridgehead atoms. The average molecular weight is 366 g/mol. The Hall–Kier alpha value is -1.78. The number of benzene rings is 1. The molecule has 1 aromatic heterocycles. The van der Waals surface area contributed by atoms with Crippen LogP contribution in [0.4, 0.5) is 0 Å². The molecule has 0 amide bonds. The fourth-order valence-corrected chi connectivity index (χ4v) is 3.85. The van der Waals surface area contributed by atoms with E-state index in [1.165, 1.54) is 62.5 Å². The van der Waals surface area contributed by atoms with Gasteiger partial charge in [0.05, 0.1) is 0 Å². The standard InChI is InChI=1S/C24H28ClN/c1-2-3-4-5-19-8-13-22(14-9-19)23-15-10-20(11-16-23)6-7-21-12-17-24(25)26-18-21/h8-9,12-14,17-18,20,23H,2-5,10-11,15-16H2,1H3. The molecule has 0 saturated heterocycles. The molecule has 136 valence electrons. The second kappa shape index (κ2) is 9.79. The van der Waals surface area contributed by atoms with Crippen LogP contribution in [-0.2, 0) is 6.42 Å². The summed E-state index contributed by atoms with van der Waals surface area (Å²) in [7, 11) is 0. The highest BCUT2D eigenvalue weighted by molar-refractivity contribution is 6.29. The molecule has 1 aliphatic rings. The highest BCUT2D eigenvalue weighted by Crippen LogP contribution is 2.35. The molecule has 1 nitrogen and oxygen atoms in total. The van der Waals surface area contributed by atoms with Crippen molar-refractivity contribution in [3.8, 4) is 11.8 Å². The van der Waals surface area contributed by atoms with Crippen molar-refractivity contribution in [1.29, 1.82) is 0 Å². The molecule has 1 heterocycles. The van der Waals surface area contributed by atoms with Crippen molar-refractivity contribution in [1.82, 2.24) is 4.98 Å². The summed E-state index contributed by atoms with van der Waals surface area (Å²) in [6, 6.07) is 13.1. The molecule has 1 aromatic carbocycles. The van der Waals surface area contributed by atoms with E-state index < -0.39 is 0 Å². The zero-order valence-corrected chi connectivity index (χ0v) is 16.4. The molecule has 1 saturated carbocycles. The number of pyridine rings is 1. The lowest BCUT2D eigenvalue weighted by molar-refractivity contribution is 0.384. The molecule has 2 aromatic rings. The summed E-state index contributed by atoms with van der Waals surface area (Å²) in [6.07, 6.45) is 11.8. The van der Waals surface area contributed by atoms with Gasteiger partial charge in [0, 0.05) is 17.7 Å². The third-order valence-electron chi connectivity index (χ3n) is 5.40. The summed E-state index contributed by atoms with van der Waals surface area (Å²) >= 11 is 5.82. The number of hydrogen-bond acceptors (Lipinski definition) is 1. The van der Waals surface area contributed by atoms with Crippen molar-refractivity contribution < 1.29 is 0 Å². The first kappa shape index (κ1) is 19.0. The van der Waals surface area contributed by atoms with Crippen molar-refractivity contribution in [3.63, 3.8) is 0 Å². The topological polar surface area (TPSA) is 12.9 Å². The van der Waals surface area contributed by atoms with Crippen molar-refractivity contribution in [2.75, 3.05) is 0 Å². The van der Waals surface area contributed by atoms with Crippen LogP contribution < -0.4 is 0 Å². The van der Waals surface area contributed by atoms with E-state index in [4.69, 9.17) is 11.6 Å². The minimum atomic E-state index is 0.509. The monoisotopic (exact) mass is 365 g/mol. The van der Waals surface area contributed by atoms with E-state index in [2.05, 4.69) is 48.0 Å². The average Bonchev–Trinajstić information content (AvgIpc) is 2.69. The van der Waals surface area contributed by atoms with Gasteiger partial charge in [-0.2, -0.15) is 0 Å². The fraction of sp³-hybridized carbons (Fsp3) is 0.458. The van der Waals surface area contributed by atoms with Crippen molar-refractivity contribution >= 4 is 11.6 Å². The number of aromatic nitrogens is 1. The summed E-state index contributed by atoms with van der Waals surface area (Å²) < 4.78 is 0. The summed E-state index contributed by atoms with van der Waals surface area (Å²) in [5, 5.41) is 0.521. The molecular formula is C24H28ClN. The van der Waals surface area contributed by atoms with Crippen LogP contribution in [0, 0.1) is 17.8 Å². The highest BCUT2D eigenvalue weighted by atomic mass is 35.5. The summed E-state index contributed by atoms with van der Waals surface area (Å²) in [6.45, 7) is 2.26. The fourth-order valence-electron chi connectivity index (χ4n) is 3.74. The zero-order valence-electron chi connectivity index (χ0n) is 15.7. The van der Waals surface area contributed by atoms with Crippen LogP contribution in [-0.4, -0.2) is 4.98 Å². The lowest BCUT2D eigenvalue weighted by Gasteiger charge is -2.26. The van der Waals surface area contributed by atoms with Crippen molar-refractivity contribution in [2.24, 2.45) is 5.92 Å². The number of hydrogen-bond donors (Lipinski definition) is 0. The smallest absolute Gasteiger partial charge is 0.129 e. The van der Waals surface area contributed by atoms with E-state index in [0.717, 1.165) is 5.56 Å². The molecule has 0 aliphatic heterocycles. The predicted octanol–water partition coefficient (Wildman–Crippen LogP) is 6.79. The van der Waals surface area contributed by atoms with Gasteiger partial charge in [0.15, 0.2) is 0 Å². The molecule has 1 fully saturated rings. The van der Waals surface area contributed by atoms with E-state index in [1.807, 2.05) is 6.07 Å². The maximum atomic E-state index is 5.82. The molecule has 0 spiro atoms. The Kier molecular flexibility index (Phi) is 7.15. The van der Waals surface area contributed by atoms with Gasteiger partial charge in [0.2, 0.25) is 0 Å². The number of unbranched alkanes of at least 4 members (excludes halogenated alkanes) is 2. The van der Waals surface area contributed by atoms with E-state index in [9.17, 15) is 0 Å². The third kappa shape index (κ3) is 5.61. The summed E-state index contributed by atoms with van der Waals surface area (Å²) in [5.74, 6) is 7.90. The van der Waals surface area contributed by atoms with Crippen LogP contribution in [0.3, 0.4) is 0 Å². The summed E-state index contributed by atoms with van der Waals surface area (Å²) in [4.78, 5) is 4.09. The molecule has 0 N–H and O–H groups in total. The Bertz CT molecular complexity index is 729. The second-order valence-corrected chi connectivity index (χ2v) is 7.77. The van der Waals surface area contributed by atoms with Gasteiger partial charge in [-0.25, -0.2) is 4.98 Å². The van der Waals surface area contributed by atoms with Crippen LogP contribution in [0.25, 0.3) is 0 Å². The normalized spacial score (nSPS) is 19.6. The maximum Gasteiger partial charge on any atom is 0.129 e. The van der Waals surface area contributed by atoms with E-state index in [0.29, 0.717) is 17.0 Å². The number of aryl methyl sites for hydroxylation is 1. The maximum absolute atomic E-state index is 5.82. The molecule has 26 heavy (non-hydrogen) atoms. The van der Waals surface area contributed by atoms with Gasteiger partial charge in [-0.05, 0) is 67.7 Å². The third-order valence-corrected chi connectivity index (χ3v) is 5.62. The molecule has 0 radical (unpaired) electrons. The minimum absolute atomic E-state index is 0.509. The zero-order chi connectivity index (χ0) is 18.2. The molecule has 1 aliphatic carbocycles. The van der Waals surface area contributed by atoms with E-state index in [-0.39, 0.29) is 0 Å². The largest absolute Gasteiger partial charge is 0.243 e. The van der Waals surface area contributed by atoms with Crippen molar-refractivity contribution in [2.45, 2.75) is 64.2 Å². The van der Waals surface area contributed by atoms with Crippen LogP contribution >= 0.6 is 11.6 Å². The minimum Gasteiger partial charge on any atom is -0.243 e. The van der Waals surface area contributed by atoms with Gasteiger partial charge < -0.3 is 0 Å². The van der Waals surface area contributed by atoms with Crippen LogP contribution in [0.15, 0.2) is 42.6 Å². The van der Waals surface area contributed by atoms with Crippen molar-refractivity contribution in [3.05, 3.63) is 64.4 Å². The Morgan fingerprint density at radius 2 is 1.77 bits per heavy atom. The van der Waals surface area contributed by atoms with Gasteiger partial charge in [-0.15, -0.1) is 0 Å². The predicted molar refractivity (Wildman–Crippen MR) is 110 cm³/mol. The van der Waals surface area contributed by atoms with E-state index in [1.54, 1.807) is 12.3 Å². The van der Waals surface area contributed by atoms with Gasteiger partial charge >= 0.3 is 0 Å². The molecular weight excluding hydrogens is 338 g/mol. The first-order valence-corrected chi connectivity index (χ1v) is 10.3. The Balaban J connectivity index is 1.50. The number of rotatable bonds is 5. The van der Waals surface area contributed by atoms with Crippen LogP contribution in [0.5, 0.6) is 0 Å². The SMILES string of the molecule is CCCCCc1ccc(C2CCC(C#Cc3ccc(Cl)nc3)CC2)cc1. The van der Waals surface area contributed by atoms with Gasteiger partial charge in [-0.3, -0.25) is 0 Å². The Labute approximate surface area is 163 Å². The summed E-state index contributed by atoms with van der Waals surface area (Å²) in [5.41, 5.74) is 3.95. The lowest BCUT2D eigenvalue weighted by atomic mass is 9.78. The lowest BCUT2D eigenvalue weighted by Crippen LogP contribution is -2.12. The molecule has 0 atom stereocenters. The van der Waals surface area contributed by atoms with Crippen LogP contribution in [0.2, 0.25) is 5.15 Å². The molecule has 0 unspecified atom stereocenters. The highest BCUT2D eigenvalue weighted by Gasteiger charge is 2.21.